The Kier molecular flexibility index (Phi) is 7.62. The number of carbonyl (C=O) groups is 1. The first-order valence-corrected chi connectivity index (χ1v) is 7.71. The van der Waals surface area contributed by atoms with Crippen molar-refractivity contribution >= 4 is 17.5 Å². The van der Waals surface area contributed by atoms with Crippen LogP contribution in [0.4, 0.5) is 0 Å². The highest BCUT2D eigenvalue weighted by atomic mass is 35.5. The molecule has 0 unspecified atom stereocenters. The molecule has 0 spiro atoms. The number of aromatic nitrogens is 2. The minimum absolute atomic E-state index is 0.108. The molecule has 0 bridgehead atoms. The summed E-state index contributed by atoms with van der Waals surface area (Å²) in [5.41, 5.74) is 0.852. The van der Waals surface area contributed by atoms with Crippen molar-refractivity contribution in [2.45, 2.75) is 46.6 Å². The van der Waals surface area contributed by atoms with Crippen LogP contribution in [0.5, 0.6) is 0 Å². The molecule has 1 aromatic rings. The molecule has 5 nitrogen and oxygen atoms in total. The lowest BCUT2D eigenvalue weighted by Crippen LogP contribution is -2.37. The van der Waals surface area contributed by atoms with Crippen LogP contribution in [0, 0.1) is 0 Å². The predicted octanol–water partition coefficient (Wildman–Crippen LogP) is 2.36. The maximum absolute atomic E-state index is 11.8. The van der Waals surface area contributed by atoms with Gasteiger partial charge in [-0.2, -0.15) is 0 Å². The summed E-state index contributed by atoms with van der Waals surface area (Å²) in [5.74, 6) is 1.03. The standard InChI is InChI=1S/C14H25ClN4O/c1-4-7-8-12-17-11(14(15)18-12)9-16-10-13(20)19(5-2)6-3/h16H,4-10H2,1-3H3,(H,17,18). The molecular formula is C14H25ClN4O. The van der Waals surface area contributed by atoms with E-state index in [9.17, 15) is 4.79 Å². The van der Waals surface area contributed by atoms with Crippen LogP contribution < -0.4 is 5.32 Å². The summed E-state index contributed by atoms with van der Waals surface area (Å²) in [6.07, 6.45) is 3.13. The number of hydrogen-bond donors (Lipinski definition) is 2. The van der Waals surface area contributed by atoms with Crippen molar-refractivity contribution in [3.63, 3.8) is 0 Å². The second-order valence-electron chi connectivity index (χ2n) is 4.73. The topological polar surface area (TPSA) is 61.0 Å². The van der Waals surface area contributed by atoms with Crippen LogP contribution >= 0.6 is 11.6 Å². The van der Waals surface area contributed by atoms with Crippen LogP contribution in [-0.4, -0.2) is 40.4 Å². The number of H-pyrrole nitrogens is 1. The number of imidazole rings is 1. The lowest BCUT2D eigenvalue weighted by molar-refractivity contribution is -0.129. The highest BCUT2D eigenvalue weighted by Crippen LogP contribution is 2.13. The number of hydrogen-bond acceptors (Lipinski definition) is 3. The molecule has 1 rings (SSSR count). The summed E-state index contributed by atoms with van der Waals surface area (Å²) in [4.78, 5) is 21.1. The minimum Gasteiger partial charge on any atom is -0.344 e. The van der Waals surface area contributed by atoms with Gasteiger partial charge in [0.1, 0.15) is 5.82 Å². The van der Waals surface area contributed by atoms with Gasteiger partial charge >= 0.3 is 0 Å². The van der Waals surface area contributed by atoms with Crippen molar-refractivity contribution < 1.29 is 4.79 Å². The fourth-order valence-corrected chi connectivity index (χ4v) is 2.22. The fraction of sp³-hybridized carbons (Fsp3) is 0.714. The van der Waals surface area contributed by atoms with E-state index in [0.717, 1.165) is 43.9 Å². The van der Waals surface area contributed by atoms with E-state index in [4.69, 9.17) is 11.6 Å². The van der Waals surface area contributed by atoms with Gasteiger partial charge in [-0.05, 0) is 20.3 Å². The Bertz CT molecular complexity index is 415. The van der Waals surface area contributed by atoms with Crippen LogP contribution in [0.25, 0.3) is 0 Å². The van der Waals surface area contributed by atoms with Crippen LogP contribution in [0.1, 0.15) is 45.1 Å². The van der Waals surface area contributed by atoms with Crippen molar-refractivity contribution in [3.05, 3.63) is 16.7 Å². The molecular weight excluding hydrogens is 276 g/mol. The maximum Gasteiger partial charge on any atom is 0.236 e. The molecule has 0 saturated heterocycles. The zero-order chi connectivity index (χ0) is 15.0. The lowest BCUT2D eigenvalue weighted by Gasteiger charge is -2.18. The van der Waals surface area contributed by atoms with Gasteiger partial charge in [-0.1, -0.05) is 24.9 Å². The van der Waals surface area contributed by atoms with Gasteiger partial charge in [0.05, 0.1) is 12.2 Å². The summed E-state index contributed by atoms with van der Waals surface area (Å²) in [5, 5.41) is 3.61. The molecule has 6 heteroatoms. The third-order valence-electron chi connectivity index (χ3n) is 3.24. The molecule has 1 amide bonds. The van der Waals surface area contributed by atoms with Gasteiger partial charge in [-0.25, -0.2) is 4.98 Å². The number of rotatable bonds is 9. The molecule has 1 aromatic heterocycles. The summed E-state index contributed by atoms with van der Waals surface area (Å²) in [6, 6.07) is 0. The SMILES string of the molecule is CCCCc1nc(Cl)c(CNCC(=O)N(CC)CC)[nH]1. The molecule has 2 N–H and O–H groups in total. The normalized spacial score (nSPS) is 10.8. The molecule has 114 valence electrons. The van der Waals surface area contributed by atoms with Crippen LogP contribution in [0.3, 0.4) is 0 Å². The Balaban J connectivity index is 2.41. The number of halogens is 1. The summed E-state index contributed by atoms with van der Waals surface area (Å²) < 4.78 is 0. The first kappa shape index (κ1) is 17.0. The molecule has 0 atom stereocenters. The molecule has 0 aliphatic rings. The molecule has 0 fully saturated rings. The van der Waals surface area contributed by atoms with Gasteiger partial charge in [0.25, 0.3) is 0 Å². The van der Waals surface area contributed by atoms with E-state index in [1.54, 1.807) is 4.90 Å². The van der Waals surface area contributed by atoms with Gasteiger partial charge in [0.2, 0.25) is 5.91 Å². The number of likely N-dealkylation sites (N-methyl/N-ethyl adjacent to an activating group) is 1. The summed E-state index contributed by atoms with van der Waals surface area (Å²) in [7, 11) is 0. The Labute approximate surface area is 126 Å². The van der Waals surface area contributed by atoms with Crippen molar-refractivity contribution in [1.29, 1.82) is 0 Å². The van der Waals surface area contributed by atoms with Crippen LogP contribution in [-0.2, 0) is 17.8 Å². The zero-order valence-corrected chi connectivity index (χ0v) is 13.4. The highest BCUT2D eigenvalue weighted by Gasteiger charge is 2.11. The average Bonchev–Trinajstić information content (AvgIpc) is 2.78. The van der Waals surface area contributed by atoms with Gasteiger partial charge in [-0.3, -0.25) is 4.79 Å². The van der Waals surface area contributed by atoms with E-state index in [0.29, 0.717) is 18.2 Å². The van der Waals surface area contributed by atoms with Gasteiger partial charge in [0.15, 0.2) is 5.15 Å². The lowest BCUT2D eigenvalue weighted by atomic mass is 10.2. The van der Waals surface area contributed by atoms with Gasteiger partial charge in [-0.15, -0.1) is 0 Å². The number of aromatic amines is 1. The Hall–Kier alpha value is -1.07. The number of nitrogens with zero attached hydrogens (tertiary/aromatic N) is 2. The molecule has 1 heterocycles. The first-order valence-electron chi connectivity index (χ1n) is 7.34. The van der Waals surface area contributed by atoms with E-state index >= 15 is 0 Å². The minimum atomic E-state index is 0.108. The van der Waals surface area contributed by atoms with Crippen LogP contribution in [0.2, 0.25) is 5.15 Å². The number of amides is 1. The molecule has 0 saturated carbocycles. The van der Waals surface area contributed by atoms with Gasteiger partial charge < -0.3 is 15.2 Å². The predicted molar refractivity (Wildman–Crippen MR) is 81.8 cm³/mol. The fourth-order valence-electron chi connectivity index (χ4n) is 2.00. The third kappa shape index (κ3) is 5.13. The third-order valence-corrected chi connectivity index (χ3v) is 3.55. The largest absolute Gasteiger partial charge is 0.344 e. The quantitative estimate of drug-likeness (QED) is 0.736. The number of carbonyl (C=O) groups excluding carboxylic acids is 1. The summed E-state index contributed by atoms with van der Waals surface area (Å²) >= 11 is 6.08. The monoisotopic (exact) mass is 300 g/mol. The van der Waals surface area contributed by atoms with Crippen molar-refractivity contribution in [1.82, 2.24) is 20.2 Å². The number of nitrogens with one attached hydrogen (secondary N) is 2. The van der Waals surface area contributed by atoms with E-state index in [1.165, 1.54) is 0 Å². The maximum atomic E-state index is 11.8. The van der Waals surface area contributed by atoms with Crippen molar-refractivity contribution in [2.24, 2.45) is 0 Å². The molecule has 20 heavy (non-hydrogen) atoms. The Morgan fingerprint density at radius 2 is 2.05 bits per heavy atom. The van der Waals surface area contributed by atoms with Crippen molar-refractivity contribution in [2.75, 3.05) is 19.6 Å². The Morgan fingerprint density at radius 1 is 1.35 bits per heavy atom. The van der Waals surface area contributed by atoms with E-state index in [1.807, 2.05) is 13.8 Å². The van der Waals surface area contributed by atoms with Gasteiger partial charge in [0, 0.05) is 26.1 Å². The van der Waals surface area contributed by atoms with Crippen molar-refractivity contribution in [3.8, 4) is 0 Å². The number of unbranched alkanes of at least 4 members (excludes halogenated alkanes) is 1. The zero-order valence-electron chi connectivity index (χ0n) is 12.6. The second-order valence-corrected chi connectivity index (χ2v) is 5.08. The molecule has 0 aliphatic heterocycles. The smallest absolute Gasteiger partial charge is 0.236 e. The summed E-state index contributed by atoms with van der Waals surface area (Å²) in [6.45, 7) is 8.43. The highest BCUT2D eigenvalue weighted by molar-refractivity contribution is 6.30. The van der Waals surface area contributed by atoms with E-state index in [2.05, 4.69) is 22.2 Å². The molecule has 0 radical (unpaired) electrons. The van der Waals surface area contributed by atoms with E-state index < -0.39 is 0 Å². The molecule has 0 aromatic carbocycles. The average molecular weight is 301 g/mol. The number of aryl methyl sites for hydroxylation is 1. The first-order chi connectivity index (χ1) is 9.62. The second kappa shape index (κ2) is 8.97. The Morgan fingerprint density at radius 3 is 2.65 bits per heavy atom. The molecule has 0 aliphatic carbocycles. The van der Waals surface area contributed by atoms with E-state index in [-0.39, 0.29) is 5.91 Å². The van der Waals surface area contributed by atoms with Crippen LogP contribution in [0.15, 0.2) is 0 Å².